The fraction of sp³-hybridized carbons (Fsp3) is 0.538. The van der Waals surface area contributed by atoms with E-state index in [0.717, 1.165) is 32.7 Å². The first-order chi connectivity index (χ1) is 14.5. The van der Waals surface area contributed by atoms with Crippen molar-refractivity contribution in [3.05, 3.63) is 52.4 Å². The number of terminal acetylenes is 1. The van der Waals surface area contributed by atoms with E-state index in [1.165, 1.54) is 40.3 Å². The van der Waals surface area contributed by atoms with Gasteiger partial charge in [-0.2, -0.15) is 0 Å². The van der Waals surface area contributed by atoms with Crippen molar-refractivity contribution in [3.8, 4) is 12.3 Å². The van der Waals surface area contributed by atoms with Crippen molar-refractivity contribution < 1.29 is 0 Å². The van der Waals surface area contributed by atoms with Crippen molar-refractivity contribution >= 4 is 16.3 Å². The van der Waals surface area contributed by atoms with Crippen LogP contribution in [-0.4, -0.2) is 61.7 Å². The van der Waals surface area contributed by atoms with Crippen molar-refractivity contribution in [2.45, 2.75) is 51.1 Å². The molecule has 0 bridgehead atoms. The third kappa shape index (κ3) is 4.75. The summed E-state index contributed by atoms with van der Waals surface area (Å²) in [6, 6.07) is 14.8. The van der Waals surface area contributed by atoms with E-state index in [9.17, 15) is 0 Å². The Kier molecular flexibility index (Phi) is 6.83. The number of nitrogens with zero attached hydrogens (tertiary/aromatic N) is 3. The molecule has 3 nitrogen and oxygen atoms in total. The van der Waals surface area contributed by atoms with Gasteiger partial charge in [-0.05, 0) is 70.3 Å². The van der Waals surface area contributed by atoms with Crippen LogP contribution in [0, 0.1) is 26.2 Å². The van der Waals surface area contributed by atoms with Crippen molar-refractivity contribution in [1.82, 2.24) is 9.80 Å². The third-order valence-electron chi connectivity index (χ3n) is 6.99. The Balaban J connectivity index is 1.63. The fourth-order valence-corrected chi connectivity index (χ4v) is 6.16. The second-order valence-electron chi connectivity index (χ2n) is 9.11. The number of thiophene rings is 1. The summed E-state index contributed by atoms with van der Waals surface area (Å²) in [5.74, 6) is 3.57. The van der Waals surface area contributed by atoms with Gasteiger partial charge in [0.2, 0.25) is 0 Å². The number of anilines is 1. The monoisotopic (exact) mass is 421 g/mol. The van der Waals surface area contributed by atoms with Gasteiger partial charge in [-0.3, -0.25) is 4.90 Å². The molecule has 0 aliphatic carbocycles. The number of likely N-dealkylation sites (tertiary alicyclic amines) is 1. The highest BCUT2D eigenvalue weighted by Crippen LogP contribution is 2.38. The van der Waals surface area contributed by atoms with E-state index in [2.05, 4.69) is 77.9 Å². The van der Waals surface area contributed by atoms with Gasteiger partial charge in [-0.15, -0.1) is 17.8 Å². The molecule has 3 unspecified atom stereocenters. The van der Waals surface area contributed by atoms with E-state index < -0.39 is 0 Å². The van der Waals surface area contributed by atoms with Gasteiger partial charge in [0.1, 0.15) is 0 Å². The molecule has 2 aliphatic rings. The quantitative estimate of drug-likeness (QED) is 0.659. The van der Waals surface area contributed by atoms with E-state index in [-0.39, 0.29) is 0 Å². The van der Waals surface area contributed by atoms with E-state index in [0.29, 0.717) is 18.0 Å². The van der Waals surface area contributed by atoms with Crippen molar-refractivity contribution in [3.63, 3.8) is 0 Å². The predicted octanol–water partition coefficient (Wildman–Crippen LogP) is 4.76. The SMILES string of the molecule is C#CCN1CCC(c2ccc(C)cc2)CC1C1CCN(C)CCN1c1ccc(C)s1. The fourth-order valence-electron chi connectivity index (χ4n) is 5.22. The average molecular weight is 422 g/mol. The molecule has 2 aromatic rings. The number of benzene rings is 1. The maximum atomic E-state index is 5.80. The lowest BCUT2D eigenvalue weighted by Gasteiger charge is -2.46. The molecule has 0 radical (unpaired) electrons. The molecule has 3 atom stereocenters. The van der Waals surface area contributed by atoms with Gasteiger partial charge in [-0.25, -0.2) is 0 Å². The van der Waals surface area contributed by atoms with Gasteiger partial charge in [0.05, 0.1) is 11.5 Å². The standard InChI is InChI=1S/C26H35N3S/c1-5-14-28-16-12-23(22-9-6-20(2)7-10-22)19-25(28)24-13-15-27(4)17-18-29(24)26-11-8-21(3)30-26/h1,6-11,23-25H,12-19H2,2-4H3. The molecule has 0 saturated carbocycles. The van der Waals surface area contributed by atoms with Gasteiger partial charge >= 0.3 is 0 Å². The van der Waals surface area contributed by atoms with Gasteiger partial charge in [0, 0.05) is 36.6 Å². The summed E-state index contributed by atoms with van der Waals surface area (Å²) in [7, 11) is 2.26. The normalized spacial score (nSPS) is 26.3. The lowest BCUT2D eigenvalue weighted by atomic mass is 9.81. The van der Waals surface area contributed by atoms with Crippen molar-refractivity contribution in [2.75, 3.05) is 44.7 Å². The molecular formula is C26H35N3S. The molecule has 1 aromatic carbocycles. The minimum Gasteiger partial charge on any atom is -0.358 e. The molecule has 1 aromatic heterocycles. The minimum atomic E-state index is 0.495. The lowest BCUT2D eigenvalue weighted by molar-refractivity contribution is 0.124. The molecule has 4 heteroatoms. The molecule has 2 aliphatic heterocycles. The van der Waals surface area contributed by atoms with Crippen LogP contribution in [0.5, 0.6) is 0 Å². The number of likely N-dealkylation sites (N-methyl/N-ethyl adjacent to an activating group) is 1. The lowest BCUT2D eigenvalue weighted by Crippen LogP contribution is -2.55. The van der Waals surface area contributed by atoms with Crippen LogP contribution in [0.1, 0.15) is 41.2 Å². The summed E-state index contributed by atoms with van der Waals surface area (Å²) in [5, 5.41) is 1.42. The highest BCUT2D eigenvalue weighted by Gasteiger charge is 2.38. The van der Waals surface area contributed by atoms with Crippen LogP contribution >= 0.6 is 11.3 Å². The van der Waals surface area contributed by atoms with Gasteiger partial charge in [0.15, 0.2) is 0 Å². The number of aryl methyl sites for hydroxylation is 2. The zero-order valence-corrected chi connectivity index (χ0v) is 19.5. The molecule has 2 saturated heterocycles. The summed E-state index contributed by atoms with van der Waals surface area (Å²) < 4.78 is 0. The zero-order valence-electron chi connectivity index (χ0n) is 18.7. The van der Waals surface area contributed by atoms with Crippen LogP contribution in [0.25, 0.3) is 0 Å². The van der Waals surface area contributed by atoms with Gasteiger partial charge in [-0.1, -0.05) is 35.7 Å². The summed E-state index contributed by atoms with van der Waals surface area (Å²) in [4.78, 5) is 9.17. The predicted molar refractivity (Wildman–Crippen MR) is 130 cm³/mol. The average Bonchev–Trinajstić information content (AvgIpc) is 3.08. The largest absolute Gasteiger partial charge is 0.358 e. The van der Waals surface area contributed by atoms with E-state index in [1.807, 2.05) is 11.3 Å². The smallest absolute Gasteiger partial charge is 0.0914 e. The first kappa shape index (κ1) is 21.4. The van der Waals surface area contributed by atoms with Crippen molar-refractivity contribution in [2.24, 2.45) is 0 Å². The second kappa shape index (κ2) is 9.56. The molecule has 0 N–H and O–H groups in total. The Morgan fingerprint density at radius 2 is 1.77 bits per heavy atom. The number of piperidine rings is 1. The maximum Gasteiger partial charge on any atom is 0.0914 e. The number of hydrogen-bond acceptors (Lipinski definition) is 4. The van der Waals surface area contributed by atoms with Crippen molar-refractivity contribution in [1.29, 1.82) is 0 Å². The van der Waals surface area contributed by atoms with Crippen LogP contribution in [0.15, 0.2) is 36.4 Å². The maximum absolute atomic E-state index is 5.80. The van der Waals surface area contributed by atoms with Gasteiger partial charge in [0.25, 0.3) is 0 Å². The molecule has 4 rings (SSSR count). The minimum absolute atomic E-state index is 0.495. The Morgan fingerprint density at radius 1 is 0.967 bits per heavy atom. The van der Waals surface area contributed by atoms with Crippen LogP contribution in [0.4, 0.5) is 5.00 Å². The Bertz CT molecular complexity index is 865. The van der Waals surface area contributed by atoms with Crippen LogP contribution in [0.3, 0.4) is 0 Å². The van der Waals surface area contributed by atoms with E-state index >= 15 is 0 Å². The highest BCUT2D eigenvalue weighted by atomic mass is 32.1. The summed E-state index contributed by atoms with van der Waals surface area (Å²) in [6.07, 6.45) is 9.39. The second-order valence-corrected chi connectivity index (χ2v) is 10.4. The summed E-state index contributed by atoms with van der Waals surface area (Å²) >= 11 is 1.93. The molecule has 30 heavy (non-hydrogen) atoms. The van der Waals surface area contributed by atoms with Gasteiger partial charge < -0.3 is 9.80 Å². The van der Waals surface area contributed by atoms with E-state index in [4.69, 9.17) is 6.42 Å². The summed E-state index contributed by atoms with van der Waals surface area (Å²) in [5.41, 5.74) is 2.83. The molecular weight excluding hydrogens is 386 g/mol. The number of rotatable bonds is 4. The molecule has 0 amide bonds. The Morgan fingerprint density at radius 3 is 2.47 bits per heavy atom. The highest BCUT2D eigenvalue weighted by molar-refractivity contribution is 7.16. The molecule has 3 heterocycles. The van der Waals surface area contributed by atoms with Crippen LogP contribution < -0.4 is 4.90 Å². The molecule has 0 spiro atoms. The third-order valence-corrected chi connectivity index (χ3v) is 8.02. The first-order valence-electron chi connectivity index (χ1n) is 11.3. The Labute approximate surface area is 186 Å². The molecule has 160 valence electrons. The van der Waals surface area contributed by atoms with Crippen LogP contribution in [0.2, 0.25) is 0 Å². The van der Waals surface area contributed by atoms with E-state index in [1.54, 1.807) is 0 Å². The molecule has 2 fully saturated rings. The first-order valence-corrected chi connectivity index (χ1v) is 12.1. The zero-order chi connectivity index (χ0) is 21.1. The number of hydrogen-bond donors (Lipinski definition) is 0. The Hall–Kier alpha value is -1.80. The summed E-state index contributed by atoms with van der Waals surface area (Å²) in [6.45, 7) is 9.61. The topological polar surface area (TPSA) is 9.72 Å². The van der Waals surface area contributed by atoms with Crippen LogP contribution in [-0.2, 0) is 0 Å².